The lowest BCUT2D eigenvalue weighted by Gasteiger charge is -2.17. The zero-order valence-electron chi connectivity index (χ0n) is 12.0. The maximum atomic E-state index is 12.9. The SMILES string of the molecule is Cc1cccc(C)c1CC(CBr)Cc1ccc(F)cc1. The van der Waals surface area contributed by atoms with Gasteiger partial charge in [0.15, 0.2) is 0 Å². The van der Waals surface area contributed by atoms with E-state index in [1.165, 1.54) is 22.3 Å². The first-order valence-electron chi connectivity index (χ1n) is 6.95. The predicted molar refractivity (Wildman–Crippen MR) is 87.0 cm³/mol. The zero-order chi connectivity index (χ0) is 14.5. The number of halogens is 2. The Morgan fingerprint density at radius 3 is 2.10 bits per heavy atom. The van der Waals surface area contributed by atoms with Crippen molar-refractivity contribution in [2.45, 2.75) is 26.7 Å². The molecule has 2 aromatic rings. The van der Waals surface area contributed by atoms with E-state index < -0.39 is 0 Å². The van der Waals surface area contributed by atoms with Gasteiger partial charge in [0.25, 0.3) is 0 Å². The third-order valence-electron chi connectivity index (χ3n) is 3.79. The van der Waals surface area contributed by atoms with E-state index in [1.807, 2.05) is 12.1 Å². The molecule has 0 aliphatic rings. The van der Waals surface area contributed by atoms with Crippen LogP contribution in [0.5, 0.6) is 0 Å². The summed E-state index contributed by atoms with van der Waals surface area (Å²) in [6.07, 6.45) is 2.03. The van der Waals surface area contributed by atoms with Gasteiger partial charge >= 0.3 is 0 Å². The van der Waals surface area contributed by atoms with Crippen LogP contribution in [0.15, 0.2) is 42.5 Å². The van der Waals surface area contributed by atoms with E-state index in [0.29, 0.717) is 5.92 Å². The molecule has 0 amide bonds. The van der Waals surface area contributed by atoms with Crippen molar-refractivity contribution in [3.63, 3.8) is 0 Å². The summed E-state index contributed by atoms with van der Waals surface area (Å²) in [7, 11) is 0. The van der Waals surface area contributed by atoms with Crippen LogP contribution in [-0.2, 0) is 12.8 Å². The molecule has 0 aliphatic heterocycles. The van der Waals surface area contributed by atoms with Gasteiger partial charge in [-0.2, -0.15) is 0 Å². The Balaban J connectivity index is 2.11. The highest BCUT2D eigenvalue weighted by Gasteiger charge is 2.12. The molecule has 0 heterocycles. The lowest BCUT2D eigenvalue weighted by atomic mass is 9.90. The van der Waals surface area contributed by atoms with Gasteiger partial charge in [0.2, 0.25) is 0 Å². The standard InChI is InChI=1S/C18H20BrF/c1-13-4-3-5-14(2)18(13)11-16(12-19)10-15-6-8-17(20)9-7-15/h3-9,16H,10-12H2,1-2H3. The topological polar surface area (TPSA) is 0 Å². The maximum Gasteiger partial charge on any atom is 0.123 e. The molecule has 2 aromatic carbocycles. The van der Waals surface area contributed by atoms with Crippen LogP contribution in [0.2, 0.25) is 0 Å². The molecular formula is C18H20BrF. The molecule has 0 saturated carbocycles. The first-order chi connectivity index (χ1) is 9.60. The maximum absolute atomic E-state index is 12.9. The molecule has 20 heavy (non-hydrogen) atoms. The second-order valence-electron chi connectivity index (χ2n) is 5.43. The molecule has 0 fully saturated rings. The quantitative estimate of drug-likeness (QED) is 0.656. The summed E-state index contributed by atoms with van der Waals surface area (Å²) in [4.78, 5) is 0. The second-order valence-corrected chi connectivity index (χ2v) is 6.07. The second kappa shape index (κ2) is 7.03. The fourth-order valence-corrected chi connectivity index (χ4v) is 3.05. The van der Waals surface area contributed by atoms with Gasteiger partial charge < -0.3 is 0 Å². The van der Waals surface area contributed by atoms with Crippen LogP contribution in [0.4, 0.5) is 4.39 Å². The summed E-state index contributed by atoms with van der Waals surface area (Å²) in [5.74, 6) is 0.360. The van der Waals surface area contributed by atoms with Gasteiger partial charge in [0, 0.05) is 5.33 Å². The highest BCUT2D eigenvalue weighted by molar-refractivity contribution is 9.09. The van der Waals surface area contributed by atoms with E-state index in [1.54, 1.807) is 12.1 Å². The number of alkyl halides is 1. The predicted octanol–water partition coefficient (Wildman–Crippen LogP) is 5.24. The Labute approximate surface area is 129 Å². The molecule has 0 N–H and O–H groups in total. The van der Waals surface area contributed by atoms with Gasteiger partial charge in [0.1, 0.15) is 5.82 Å². The van der Waals surface area contributed by atoms with Crippen molar-refractivity contribution in [3.05, 3.63) is 70.5 Å². The van der Waals surface area contributed by atoms with E-state index in [-0.39, 0.29) is 5.82 Å². The summed E-state index contributed by atoms with van der Waals surface area (Å²) < 4.78 is 12.9. The van der Waals surface area contributed by atoms with E-state index in [0.717, 1.165) is 18.2 Å². The fraction of sp³-hybridized carbons (Fsp3) is 0.333. The number of benzene rings is 2. The molecule has 0 radical (unpaired) electrons. The Bertz CT molecular complexity index is 540. The largest absolute Gasteiger partial charge is 0.207 e. The molecule has 1 atom stereocenters. The van der Waals surface area contributed by atoms with Crippen LogP contribution < -0.4 is 0 Å². The number of aryl methyl sites for hydroxylation is 2. The highest BCUT2D eigenvalue weighted by atomic mass is 79.9. The van der Waals surface area contributed by atoms with Crippen molar-refractivity contribution in [2.24, 2.45) is 5.92 Å². The molecule has 2 heteroatoms. The van der Waals surface area contributed by atoms with Gasteiger partial charge in [-0.25, -0.2) is 4.39 Å². The lowest BCUT2D eigenvalue weighted by molar-refractivity contribution is 0.584. The zero-order valence-corrected chi connectivity index (χ0v) is 13.6. The summed E-state index contributed by atoms with van der Waals surface area (Å²) in [6, 6.07) is 13.3. The minimum Gasteiger partial charge on any atom is -0.207 e. The normalized spacial score (nSPS) is 12.4. The van der Waals surface area contributed by atoms with Crippen molar-refractivity contribution in [1.82, 2.24) is 0 Å². The molecule has 106 valence electrons. The minimum absolute atomic E-state index is 0.168. The molecule has 0 aromatic heterocycles. The fourth-order valence-electron chi connectivity index (χ4n) is 2.59. The Kier molecular flexibility index (Phi) is 5.36. The highest BCUT2D eigenvalue weighted by Crippen LogP contribution is 2.22. The first kappa shape index (κ1) is 15.2. The van der Waals surface area contributed by atoms with Crippen LogP contribution in [0.3, 0.4) is 0 Å². The van der Waals surface area contributed by atoms with E-state index >= 15 is 0 Å². The van der Waals surface area contributed by atoms with Crippen molar-refractivity contribution in [2.75, 3.05) is 5.33 Å². The van der Waals surface area contributed by atoms with Gasteiger partial charge in [-0.1, -0.05) is 46.3 Å². The number of hydrogen-bond acceptors (Lipinski definition) is 0. The average Bonchev–Trinajstić information content (AvgIpc) is 2.44. The number of rotatable bonds is 5. The first-order valence-corrected chi connectivity index (χ1v) is 8.07. The summed E-state index contributed by atoms with van der Waals surface area (Å²) in [6.45, 7) is 4.34. The molecule has 0 saturated heterocycles. The summed E-state index contributed by atoms with van der Waals surface area (Å²) >= 11 is 3.62. The van der Waals surface area contributed by atoms with Crippen LogP contribution in [0.1, 0.15) is 22.3 Å². The molecule has 1 unspecified atom stereocenters. The molecular weight excluding hydrogens is 315 g/mol. The third kappa shape index (κ3) is 3.92. The Morgan fingerprint density at radius 2 is 1.55 bits per heavy atom. The lowest BCUT2D eigenvalue weighted by Crippen LogP contribution is -2.12. The molecule has 0 nitrogen and oxygen atoms in total. The monoisotopic (exact) mass is 334 g/mol. The van der Waals surface area contributed by atoms with Gasteiger partial charge in [-0.3, -0.25) is 0 Å². The summed E-state index contributed by atoms with van der Waals surface area (Å²) in [5, 5.41) is 0.956. The van der Waals surface area contributed by atoms with E-state index in [9.17, 15) is 4.39 Å². The van der Waals surface area contributed by atoms with Gasteiger partial charge in [-0.05, 0) is 67.0 Å². The van der Waals surface area contributed by atoms with Crippen molar-refractivity contribution < 1.29 is 4.39 Å². The van der Waals surface area contributed by atoms with Crippen LogP contribution >= 0.6 is 15.9 Å². The number of hydrogen-bond donors (Lipinski definition) is 0. The van der Waals surface area contributed by atoms with Gasteiger partial charge in [-0.15, -0.1) is 0 Å². The van der Waals surface area contributed by atoms with Crippen molar-refractivity contribution >= 4 is 15.9 Å². The van der Waals surface area contributed by atoms with Crippen LogP contribution in [0.25, 0.3) is 0 Å². The third-order valence-corrected chi connectivity index (χ3v) is 4.71. The molecule has 2 rings (SSSR count). The summed E-state index contributed by atoms with van der Waals surface area (Å²) in [5.41, 5.74) is 5.35. The average molecular weight is 335 g/mol. The smallest absolute Gasteiger partial charge is 0.123 e. The van der Waals surface area contributed by atoms with Crippen molar-refractivity contribution in [3.8, 4) is 0 Å². The van der Waals surface area contributed by atoms with E-state index in [2.05, 4.69) is 48.0 Å². The molecule has 0 aliphatic carbocycles. The molecule has 0 spiro atoms. The van der Waals surface area contributed by atoms with Crippen LogP contribution in [-0.4, -0.2) is 5.33 Å². The van der Waals surface area contributed by atoms with Gasteiger partial charge in [0.05, 0.1) is 0 Å². The minimum atomic E-state index is -0.168. The molecule has 0 bridgehead atoms. The van der Waals surface area contributed by atoms with Crippen LogP contribution in [0, 0.1) is 25.6 Å². The van der Waals surface area contributed by atoms with E-state index in [4.69, 9.17) is 0 Å². The Hall–Kier alpha value is -1.15. The Morgan fingerprint density at radius 1 is 0.950 bits per heavy atom. The van der Waals surface area contributed by atoms with Crippen molar-refractivity contribution in [1.29, 1.82) is 0 Å².